The highest BCUT2D eigenvalue weighted by atomic mass is 32.2. The molecule has 0 spiro atoms. The van der Waals surface area contributed by atoms with Crippen molar-refractivity contribution in [1.29, 1.82) is 5.26 Å². The molecule has 1 fully saturated rings. The Balaban J connectivity index is 1.27. The van der Waals surface area contributed by atoms with Crippen LogP contribution >= 0.6 is 11.8 Å². The molecule has 3 aromatic carbocycles. The summed E-state index contributed by atoms with van der Waals surface area (Å²) >= 11 is 1.51. The van der Waals surface area contributed by atoms with Crippen LogP contribution in [0.3, 0.4) is 0 Å². The van der Waals surface area contributed by atoms with Crippen molar-refractivity contribution >= 4 is 28.6 Å². The number of aliphatic imine (C=N–C) groups is 1. The fourth-order valence-corrected chi connectivity index (χ4v) is 5.61. The first-order valence-corrected chi connectivity index (χ1v) is 14.2. The number of ether oxygens (including phenoxy) is 1. The van der Waals surface area contributed by atoms with Crippen LogP contribution in [0.25, 0.3) is 17.1 Å². The van der Waals surface area contributed by atoms with E-state index in [9.17, 15) is 23.2 Å². The molecule has 0 saturated carbocycles. The summed E-state index contributed by atoms with van der Waals surface area (Å²) in [5, 5.41) is 17.5. The number of amides is 2. The molecule has 220 valence electrons. The van der Waals surface area contributed by atoms with Gasteiger partial charge in [-0.25, -0.2) is 14.5 Å². The summed E-state index contributed by atoms with van der Waals surface area (Å²) in [5.74, 6) is 0.874. The zero-order chi connectivity index (χ0) is 30.6. The number of nitrogens with zero attached hydrogens (tertiary/aromatic N) is 6. The Kier molecular flexibility index (Phi) is 8.68. The standard InChI is InChI=1S/C30H26F3N7O2S/c1-19-5-3-6-20(2)26(19)39-15-4-16-43-29(39)37-28(41)36-25(17-34)21-7-9-22(10-8-21)27-35-18-40(38-27)23-11-13-24(14-12-23)42-30(31,32)33/h3,5-14,18,25H,4,15-16H2,1-2H3,(H,36,41)/b37-29-. The van der Waals surface area contributed by atoms with Gasteiger partial charge in [0.25, 0.3) is 0 Å². The van der Waals surface area contributed by atoms with Crippen LogP contribution in [0.2, 0.25) is 0 Å². The van der Waals surface area contributed by atoms with Gasteiger partial charge in [0.1, 0.15) is 18.1 Å². The molecule has 1 saturated heterocycles. The number of aromatic nitrogens is 3. The first-order valence-electron chi connectivity index (χ1n) is 13.2. The van der Waals surface area contributed by atoms with Crippen LogP contribution in [-0.2, 0) is 0 Å². The summed E-state index contributed by atoms with van der Waals surface area (Å²) in [6.07, 6.45) is -2.38. The van der Waals surface area contributed by atoms with Crippen LogP contribution in [0, 0.1) is 25.2 Å². The van der Waals surface area contributed by atoms with Crippen molar-refractivity contribution in [3.05, 3.63) is 89.7 Å². The molecular weight excluding hydrogens is 579 g/mol. The van der Waals surface area contributed by atoms with E-state index >= 15 is 0 Å². The maximum Gasteiger partial charge on any atom is 0.573 e. The van der Waals surface area contributed by atoms with Crippen molar-refractivity contribution in [3.63, 3.8) is 0 Å². The number of carbonyl (C=O) groups is 1. The largest absolute Gasteiger partial charge is 0.573 e. The Morgan fingerprint density at radius 1 is 1.09 bits per heavy atom. The van der Waals surface area contributed by atoms with E-state index in [4.69, 9.17) is 0 Å². The number of benzene rings is 3. The van der Waals surface area contributed by atoms with Crippen molar-refractivity contribution < 1.29 is 22.7 Å². The van der Waals surface area contributed by atoms with Crippen molar-refractivity contribution in [2.24, 2.45) is 4.99 Å². The Hall–Kier alpha value is -4.83. The second kappa shape index (κ2) is 12.6. The molecule has 0 radical (unpaired) electrons. The number of hydrogen-bond acceptors (Lipinski definition) is 6. The number of nitrogens with one attached hydrogen (secondary N) is 1. The molecule has 0 bridgehead atoms. The van der Waals surface area contributed by atoms with Crippen molar-refractivity contribution in [1.82, 2.24) is 20.1 Å². The van der Waals surface area contributed by atoms with E-state index in [1.807, 2.05) is 32.0 Å². The number of thioether (sulfide) groups is 1. The maximum absolute atomic E-state index is 12.9. The number of urea groups is 1. The average molecular weight is 606 g/mol. The van der Waals surface area contributed by atoms with Gasteiger partial charge in [0, 0.05) is 23.5 Å². The smallest absolute Gasteiger partial charge is 0.406 e. The average Bonchev–Trinajstić information content (AvgIpc) is 3.47. The van der Waals surface area contributed by atoms with Crippen LogP contribution in [0.1, 0.15) is 29.2 Å². The van der Waals surface area contributed by atoms with E-state index in [-0.39, 0.29) is 5.75 Å². The zero-order valence-corrected chi connectivity index (χ0v) is 24.0. The second-order valence-electron chi connectivity index (χ2n) is 9.68. The molecule has 1 aliphatic heterocycles. The van der Waals surface area contributed by atoms with Gasteiger partial charge in [-0.3, -0.25) is 0 Å². The van der Waals surface area contributed by atoms with E-state index in [0.29, 0.717) is 27.8 Å². The summed E-state index contributed by atoms with van der Waals surface area (Å²) in [5.41, 5.74) is 4.92. The van der Waals surface area contributed by atoms with Crippen LogP contribution < -0.4 is 15.0 Å². The van der Waals surface area contributed by atoms with E-state index in [1.165, 1.54) is 47.0 Å². The number of anilines is 1. The van der Waals surface area contributed by atoms with Crippen molar-refractivity contribution in [2.45, 2.75) is 32.7 Å². The van der Waals surface area contributed by atoms with Gasteiger partial charge in [-0.1, -0.05) is 54.2 Å². The lowest BCUT2D eigenvalue weighted by atomic mass is 10.1. The van der Waals surface area contributed by atoms with Gasteiger partial charge in [0.15, 0.2) is 11.0 Å². The number of alkyl halides is 3. The lowest BCUT2D eigenvalue weighted by Gasteiger charge is -2.32. The molecule has 13 heteroatoms. The lowest BCUT2D eigenvalue weighted by Crippen LogP contribution is -2.37. The minimum Gasteiger partial charge on any atom is -0.406 e. The summed E-state index contributed by atoms with van der Waals surface area (Å²) < 4.78 is 42.6. The zero-order valence-electron chi connectivity index (χ0n) is 23.2. The minimum atomic E-state index is -4.77. The normalized spacial score (nSPS) is 15.2. The van der Waals surface area contributed by atoms with Gasteiger partial charge >= 0.3 is 12.4 Å². The number of rotatable bonds is 6. The molecule has 1 unspecified atom stereocenters. The summed E-state index contributed by atoms with van der Waals surface area (Å²) in [6.45, 7) is 4.81. The fourth-order valence-electron chi connectivity index (χ4n) is 4.67. The lowest BCUT2D eigenvalue weighted by molar-refractivity contribution is -0.274. The van der Waals surface area contributed by atoms with Crippen LogP contribution in [0.15, 0.2) is 78.0 Å². The number of aryl methyl sites for hydroxylation is 2. The summed E-state index contributed by atoms with van der Waals surface area (Å²) in [6, 6.07) is 18.7. The molecule has 1 aliphatic rings. The number of amidine groups is 1. The first-order chi connectivity index (χ1) is 20.6. The third-order valence-corrected chi connectivity index (χ3v) is 7.68. The highest BCUT2D eigenvalue weighted by Crippen LogP contribution is 2.31. The highest BCUT2D eigenvalue weighted by molar-refractivity contribution is 8.14. The molecule has 2 amide bonds. The second-order valence-corrected chi connectivity index (χ2v) is 10.7. The Labute approximate surface area is 250 Å². The van der Waals surface area contributed by atoms with Gasteiger partial charge in [-0.05, 0) is 61.2 Å². The first kappa shape index (κ1) is 29.7. The monoisotopic (exact) mass is 605 g/mol. The molecule has 1 aromatic heterocycles. The maximum atomic E-state index is 12.9. The number of para-hydroxylation sites is 1. The molecule has 1 N–H and O–H groups in total. The third-order valence-electron chi connectivity index (χ3n) is 6.62. The predicted octanol–water partition coefficient (Wildman–Crippen LogP) is 6.72. The number of hydrogen-bond donors (Lipinski definition) is 1. The van der Waals surface area contributed by atoms with Gasteiger partial charge in [0.05, 0.1) is 11.8 Å². The van der Waals surface area contributed by atoms with Gasteiger partial charge in [0.2, 0.25) is 0 Å². The van der Waals surface area contributed by atoms with E-state index in [0.717, 1.165) is 35.5 Å². The Morgan fingerprint density at radius 3 is 2.44 bits per heavy atom. The SMILES string of the molecule is Cc1cccc(C)c1N1CCCS/C1=N\C(=O)NC(C#N)c1ccc(-c2ncn(-c3ccc(OC(F)(F)F)cc3)n2)cc1. The number of carbonyl (C=O) groups excluding carboxylic acids is 1. The van der Waals surface area contributed by atoms with Crippen LogP contribution in [0.5, 0.6) is 5.75 Å². The van der Waals surface area contributed by atoms with Gasteiger partial charge in [-0.2, -0.15) is 10.3 Å². The summed E-state index contributed by atoms with van der Waals surface area (Å²) in [7, 11) is 0. The molecule has 4 aromatic rings. The molecule has 1 atom stereocenters. The van der Waals surface area contributed by atoms with Gasteiger partial charge < -0.3 is 15.0 Å². The van der Waals surface area contributed by atoms with Crippen LogP contribution in [-0.4, -0.2) is 44.6 Å². The quantitative estimate of drug-likeness (QED) is 0.260. The van der Waals surface area contributed by atoms with E-state index < -0.39 is 18.4 Å². The van der Waals surface area contributed by atoms with E-state index in [1.54, 1.807) is 24.3 Å². The molecule has 9 nitrogen and oxygen atoms in total. The molecule has 5 rings (SSSR count). The Bertz CT molecular complexity index is 1660. The van der Waals surface area contributed by atoms with Gasteiger partial charge in [-0.15, -0.1) is 18.3 Å². The third kappa shape index (κ3) is 7.15. The van der Waals surface area contributed by atoms with Crippen molar-refractivity contribution in [3.8, 4) is 28.9 Å². The number of nitriles is 1. The van der Waals surface area contributed by atoms with E-state index in [2.05, 4.69) is 36.1 Å². The molecule has 0 aliphatic carbocycles. The predicted molar refractivity (Wildman–Crippen MR) is 158 cm³/mol. The topological polar surface area (TPSA) is 108 Å². The molecule has 2 heterocycles. The Morgan fingerprint density at radius 2 is 1.79 bits per heavy atom. The highest BCUT2D eigenvalue weighted by Gasteiger charge is 2.31. The summed E-state index contributed by atoms with van der Waals surface area (Å²) in [4.78, 5) is 23.6. The minimum absolute atomic E-state index is 0.339. The fraction of sp³-hybridized carbons (Fsp3) is 0.233. The molecule has 43 heavy (non-hydrogen) atoms. The number of halogens is 3. The van der Waals surface area contributed by atoms with Crippen LogP contribution in [0.4, 0.5) is 23.7 Å². The molecular formula is C30H26F3N7O2S. The van der Waals surface area contributed by atoms with Crippen molar-refractivity contribution in [2.75, 3.05) is 17.2 Å².